The Labute approximate surface area is 175 Å². The van der Waals surface area contributed by atoms with Gasteiger partial charge in [-0.05, 0) is 41.8 Å². The van der Waals surface area contributed by atoms with Crippen LogP contribution >= 0.6 is 11.3 Å². The number of thiophene rings is 1. The summed E-state index contributed by atoms with van der Waals surface area (Å²) in [5, 5.41) is 13.0. The lowest BCUT2D eigenvalue weighted by molar-refractivity contribution is -0.140. The van der Waals surface area contributed by atoms with Crippen LogP contribution in [0.4, 0.5) is 0 Å². The van der Waals surface area contributed by atoms with E-state index in [1.165, 1.54) is 22.5 Å². The van der Waals surface area contributed by atoms with E-state index in [9.17, 15) is 14.7 Å². The summed E-state index contributed by atoms with van der Waals surface area (Å²) in [6, 6.07) is 11.4. The van der Waals surface area contributed by atoms with E-state index < -0.39 is 17.7 Å². The number of carbonyl (C=O) groups is 2. The molecule has 1 unspecified atom stereocenters. The third-order valence-corrected chi connectivity index (χ3v) is 6.00. The van der Waals surface area contributed by atoms with Crippen LogP contribution in [0.25, 0.3) is 5.76 Å². The molecular formula is C22H17NO6S. The van der Waals surface area contributed by atoms with E-state index in [0.717, 1.165) is 4.88 Å². The molecule has 30 heavy (non-hydrogen) atoms. The topological polar surface area (TPSA) is 89.2 Å². The molecule has 1 saturated heterocycles. The van der Waals surface area contributed by atoms with Crippen molar-refractivity contribution >= 4 is 28.8 Å². The summed E-state index contributed by atoms with van der Waals surface area (Å²) in [7, 11) is 0. The molecule has 1 fully saturated rings. The second-order valence-corrected chi connectivity index (χ2v) is 7.86. The fraction of sp³-hybridized carbons (Fsp3) is 0.182. The molecule has 2 aliphatic rings. The third-order valence-electron chi connectivity index (χ3n) is 5.07. The largest absolute Gasteiger partial charge is 0.507 e. The normalized spacial score (nSPS) is 20.0. The van der Waals surface area contributed by atoms with Crippen molar-refractivity contribution in [2.75, 3.05) is 13.2 Å². The molecule has 2 aliphatic heterocycles. The van der Waals surface area contributed by atoms with E-state index in [0.29, 0.717) is 36.0 Å². The fourth-order valence-electron chi connectivity index (χ4n) is 3.70. The number of likely N-dealkylation sites (tertiary alicyclic amines) is 1. The maximum atomic E-state index is 13.0. The maximum absolute atomic E-state index is 13.0. The fourth-order valence-corrected chi connectivity index (χ4v) is 4.55. The number of ketones is 1. The summed E-state index contributed by atoms with van der Waals surface area (Å²) < 4.78 is 16.5. The van der Waals surface area contributed by atoms with Gasteiger partial charge in [-0.2, -0.15) is 0 Å². The summed E-state index contributed by atoms with van der Waals surface area (Å²) in [5.74, 6) is -0.0339. The van der Waals surface area contributed by atoms with Crippen molar-refractivity contribution in [2.45, 2.75) is 12.6 Å². The van der Waals surface area contributed by atoms with Crippen molar-refractivity contribution in [1.82, 2.24) is 4.90 Å². The Morgan fingerprint density at radius 3 is 2.67 bits per heavy atom. The molecule has 1 atom stereocenters. The van der Waals surface area contributed by atoms with Gasteiger partial charge in [0.2, 0.25) is 0 Å². The number of nitrogens with zero attached hydrogens (tertiary/aromatic N) is 1. The monoisotopic (exact) mass is 423 g/mol. The quantitative estimate of drug-likeness (QED) is 0.391. The minimum Gasteiger partial charge on any atom is -0.507 e. The molecule has 8 heteroatoms. The third kappa shape index (κ3) is 3.05. The van der Waals surface area contributed by atoms with E-state index in [4.69, 9.17) is 13.9 Å². The molecule has 0 radical (unpaired) electrons. The second-order valence-electron chi connectivity index (χ2n) is 6.88. The number of aliphatic hydroxyl groups is 1. The first-order valence-electron chi connectivity index (χ1n) is 9.37. The molecule has 152 valence electrons. The number of rotatable bonds is 4. The highest BCUT2D eigenvalue weighted by Gasteiger charge is 2.46. The zero-order chi connectivity index (χ0) is 20.7. The van der Waals surface area contributed by atoms with Gasteiger partial charge in [0.15, 0.2) is 11.5 Å². The van der Waals surface area contributed by atoms with Gasteiger partial charge < -0.3 is 23.9 Å². The molecule has 1 amide bonds. The average Bonchev–Trinajstić information content (AvgIpc) is 3.52. The Bertz CT molecular complexity index is 1130. The van der Waals surface area contributed by atoms with Crippen LogP contribution in [0.1, 0.15) is 22.2 Å². The smallest absolute Gasteiger partial charge is 0.296 e. The number of ether oxygens (including phenoxy) is 2. The van der Waals surface area contributed by atoms with Gasteiger partial charge in [-0.3, -0.25) is 9.59 Å². The summed E-state index contributed by atoms with van der Waals surface area (Å²) in [6.07, 6.45) is 1.52. The predicted molar refractivity (Wildman–Crippen MR) is 108 cm³/mol. The van der Waals surface area contributed by atoms with Gasteiger partial charge in [-0.25, -0.2) is 0 Å². The van der Waals surface area contributed by atoms with Gasteiger partial charge in [0, 0.05) is 10.4 Å². The van der Waals surface area contributed by atoms with Gasteiger partial charge in [0.1, 0.15) is 30.8 Å². The van der Waals surface area contributed by atoms with Crippen molar-refractivity contribution in [1.29, 1.82) is 0 Å². The van der Waals surface area contributed by atoms with E-state index in [1.807, 2.05) is 17.5 Å². The average molecular weight is 423 g/mol. The molecule has 3 aromatic rings. The first-order valence-corrected chi connectivity index (χ1v) is 10.3. The Morgan fingerprint density at radius 2 is 1.93 bits per heavy atom. The number of hydrogen-bond donors (Lipinski definition) is 1. The van der Waals surface area contributed by atoms with Crippen molar-refractivity contribution in [3.63, 3.8) is 0 Å². The second kappa shape index (κ2) is 7.38. The molecule has 1 aromatic carbocycles. The standard InChI is InChI=1S/C22H17NO6S/c24-20(13-5-6-15-16(11-13)29-9-8-28-15)18-19(17-4-2-10-30-17)23(22(26)21(18)25)12-14-3-1-7-27-14/h1-7,10-11,19,24H,8-9,12H2/b20-18-. The molecule has 0 spiro atoms. The number of benzene rings is 1. The highest BCUT2D eigenvalue weighted by molar-refractivity contribution is 7.10. The SMILES string of the molecule is O=C1C(=O)N(Cc2ccco2)C(c2cccs2)/C1=C(/O)c1ccc2c(c1)OCCO2. The molecule has 0 bridgehead atoms. The van der Waals surface area contributed by atoms with Crippen LogP contribution in [0.2, 0.25) is 0 Å². The minimum absolute atomic E-state index is 0.0469. The molecule has 1 N–H and O–H groups in total. The van der Waals surface area contributed by atoms with Crippen LogP contribution in [0.5, 0.6) is 11.5 Å². The van der Waals surface area contributed by atoms with E-state index in [1.54, 1.807) is 30.3 Å². The highest BCUT2D eigenvalue weighted by atomic mass is 32.1. The first kappa shape index (κ1) is 18.5. The van der Waals surface area contributed by atoms with Crippen LogP contribution < -0.4 is 9.47 Å². The van der Waals surface area contributed by atoms with Crippen LogP contribution in [0.3, 0.4) is 0 Å². The molecule has 0 aliphatic carbocycles. The van der Waals surface area contributed by atoms with E-state index in [-0.39, 0.29) is 17.9 Å². The Hall–Kier alpha value is -3.52. The maximum Gasteiger partial charge on any atom is 0.296 e. The summed E-state index contributed by atoms with van der Waals surface area (Å²) in [6.45, 7) is 0.979. The Balaban J connectivity index is 1.61. The number of fused-ring (bicyclic) bond motifs is 1. The van der Waals surface area contributed by atoms with Gasteiger partial charge >= 0.3 is 0 Å². The molecule has 2 aromatic heterocycles. The van der Waals surface area contributed by atoms with Crippen LogP contribution in [-0.4, -0.2) is 34.9 Å². The van der Waals surface area contributed by atoms with Gasteiger partial charge in [-0.1, -0.05) is 6.07 Å². The van der Waals surface area contributed by atoms with Gasteiger partial charge in [-0.15, -0.1) is 11.3 Å². The van der Waals surface area contributed by atoms with E-state index in [2.05, 4.69) is 0 Å². The Kier molecular flexibility index (Phi) is 4.55. The van der Waals surface area contributed by atoms with Crippen molar-refractivity contribution in [2.24, 2.45) is 0 Å². The van der Waals surface area contributed by atoms with Crippen LogP contribution in [0.15, 0.2) is 64.1 Å². The van der Waals surface area contributed by atoms with Crippen molar-refractivity contribution < 1.29 is 28.6 Å². The number of aliphatic hydroxyl groups excluding tert-OH is 1. The lowest BCUT2D eigenvalue weighted by atomic mass is 9.99. The zero-order valence-corrected chi connectivity index (χ0v) is 16.6. The summed E-state index contributed by atoms with van der Waals surface area (Å²) in [5.41, 5.74) is 0.433. The number of hydrogen-bond acceptors (Lipinski definition) is 7. The molecule has 5 rings (SSSR count). The predicted octanol–water partition coefficient (Wildman–Crippen LogP) is 3.73. The van der Waals surface area contributed by atoms with Crippen LogP contribution in [0, 0.1) is 0 Å². The van der Waals surface area contributed by atoms with E-state index >= 15 is 0 Å². The number of furan rings is 1. The van der Waals surface area contributed by atoms with Crippen molar-refractivity contribution in [3.8, 4) is 11.5 Å². The molecule has 0 saturated carbocycles. The number of amides is 1. The Morgan fingerprint density at radius 1 is 1.10 bits per heavy atom. The first-order chi connectivity index (χ1) is 14.6. The van der Waals surface area contributed by atoms with Gasteiger partial charge in [0.25, 0.3) is 11.7 Å². The summed E-state index contributed by atoms with van der Waals surface area (Å²) >= 11 is 1.41. The summed E-state index contributed by atoms with van der Waals surface area (Å²) in [4.78, 5) is 28.0. The molecular weight excluding hydrogens is 406 g/mol. The van der Waals surface area contributed by atoms with Crippen LogP contribution in [-0.2, 0) is 16.1 Å². The zero-order valence-electron chi connectivity index (χ0n) is 15.7. The number of Topliss-reactive ketones (excluding diaryl/α,β-unsaturated/α-hetero) is 1. The molecule has 7 nitrogen and oxygen atoms in total. The van der Waals surface area contributed by atoms with Gasteiger partial charge in [0.05, 0.1) is 18.4 Å². The lowest BCUT2D eigenvalue weighted by Gasteiger charge is -2.23. The number of carbonyl (C=O) groups excluding carboxylic acids is 2. The highest BCUT2D eigenvalue weighted by Crippen LogP contribution is 2.43. The molecule has 4 heterocycles. The minimum atomic E-state index is -0.729. The van der Waals surface area contributed by atoms with Crippen molar-refractivity contribution in [3.05, 3.63) is 75.9 Å². The lowest BCUT2D eigenvalue weighted by Crippen LogP contribution is -2.28.